The number of nitrogens with zero attached hydrogens (tertiary/aromatic N) is 5. The Hall–Kier alpha value is -3.21. The van der Waals surface area contributed by atoms with Gasteiger partial charge in [0.25, 0.3) is 15.6 Å². The van der Waals surface area contributed by atoms with Gasteiger partial charge in [-0.2, -0.15) is 9.78 Å². The number of sulfonamides is 1. The third-order valence-electron chi connectivity index (χ3n) is 4.37. The number of halogens is 2. The summed E-state index contributed by atoms with van der Waals surface area (Å²) in [6.07, 6.45) is 2.82. The summed E-state index contributed by atoms with van der Waals surface area (Å²) in [7, 11) is -2.03. The van der Waals surface area contributed by atoms with Crippen molar-refractivity contribution in [3.63, 3.8) is 0 Å². The van der Waals surface area contributed by atoms with Gasteiger partial charge in [0.05, 0.1) is 21.8 Å². The van der Waals surface area contributed by atoms with E-state index in [1.165, 1.54) is 30.5 Å². The normalized spacial score (nSPS) is 11.5. The SMILES string of the molecule is Cn1cnnc1-c1ccc(NS(=O)(=O)c2ccc(-n3ncc(Cl)c(Cl)c3=O)cc2)cc1. The van der Waals surface area contributed by atoms with Crippen LogP contribution >= 0.6 is 23.2 Å². The van der Waals surface area contributed by atoms with Gasteiger partial charge in [-0.15, -0.1) is 10.2 Å². The van der Waals surface area contributed by atoms with E-state index in [1.807, 2.05) is 7.05 Å². The number of hydrogen-bond donors (Lipinski definition) is 1. The fourth-order valence-electron chi connectivity index (χ4n) is 2.81. The highest BCUT2D eigenvalue weighted by molar-refractivity contribution is 7.92. The van der Waals surface area contributed by atoms with Gasteiger partial charge in [0.2, 0.25) is 0 Å². The molecule has 0 unspecified atom stereocenters. The van der Waals surface area contributed by atoms with Gasteiger partial charge >= 0.3 is 0 Å². The van der Waals surface area contributed by atoms with Crippen molar-refractivity contribution in [1.82, 2.24) is 24.5 Å². The van der Waals surface area contributed by atoms with Crippen molar-refractivity contribution in [2.45, 2.75) is 4.90 Å². The molecular weight excluding hydrogens is 463 g/mol. The lowest BCUT2D eigenvalue weighted by molar-refractivity contribution is 0.601. The third kappa shape index (κ3) is 4.18. The first kappa shape index (κ1) is 21.0. The first-order chi connectivity index (χ1) is 14.8. The van der Waals surface area contributed by atoms with E-state index in [-0.39, 0.29) is 14.9 Å². The Morgan fingerprint density at radius 2 is 1.68 bits per heavy atom. The van der Waals surface area contributed by atoms with E-state index in [4.69, 9.17) is 23.2 Å². The molecule has 2 aromatic carbocycles. The fraction of sp³-hybridized carbons (Fsp3) is 0.0526. The molecule has 0 fully saturated rings. The molecule has 31 heavy (non-hydrogen) atoms. The highest BCUT2D eigenvalue weighted by Gasteiger charge is 2.16. The molecule has 0 saturated carbocycles. The van der Waals surface area contributed by atoms with Crippen LogP contribution in [-0.2, 0) is 17.1 Å². The predicted octanol–water partition coefficient (Wildman–Crippen LogP) is 3.14. The van der Waals surface area contributed by atoms with E-state index < -0.39 is 15.6 Å². The van der Waals surface area contributed by atoms with E-state index in [1.54, 1.807) is 35.2 Å². The largest absolute Gasteiger partial charge is 0.317 e. The monoisotopic (exact) mass is 476 g/mol. The summed E-state index contributed by atoms with van der Waals surface area (Å²) in [6, 6.07) is 12.4. The summed E-state index contributed by atoms with van der Waals surface area (Å²) in [5.41, 5.74) is 0.922. The Morgan fingerprint density at radius 3 is 2.29 bits per heavy atom. The quantitative estimate of drug-likeness (QED) is 0.473. The second-order valence-electron chi connectivity index (χ2n) is 6.47. The standard InChI is InChI=1S/C19H14Cl2N6O3S/c1-26-11-22-24-18(26)12-2-4-13(5-3-12)25-31(29,30)15-8-6-14(7-9-15)27-19(28)17(21)16(20)10-23-27/h2-11,25H,1H3. The maximum absolute atomic E-state index is 12.7. The molecule has 0 saturated heterocycles. The number of rotatable bonds is 5. The molecule has 0 aliphatic heterocycles. The molecular formula is C19H14Cl2N6O3S. The number of benzene rings is 2. The summed E-state index contributed by atoms with van der Waals surface area (Å²) in [6.45, 7) is 0. The smallest absolute Gasteiger partial charge is 0.291 e. The maximum atomic E-state index is 12.7. The second kappa shape index (κ2) is 8.14. The molecule has 4 rings (SSSR count). The first-order valence-corrected chi connectivity index (χ1v) is 11.0. The summed E-state index contributed by atoms with van der Waals surface area (Å²) in [5, 5.41) is 11.6. The molecule has 0 amide bonds. The summed E-state index contributed by atoms with van der Waals surface area (Å²) < 4.78 is 30.8. The van der Waals surface area contributed by atoms with Crippen LogP contribution in [0, 0.1) is 0 Å². The lowest BCUT2D eigenvalue weighted by atomic mass is 10.2. The molecule has 0 spiro atoms. The molecule has 4 aromatic rings. The molecule has 0 aliphatic rings. The fourth-order valence-corrected chi connectivity index (χ4v) is 4.12. The van der Waals surface area contributed by atoms with Crippen LogP contribution in [0.4, 0.5) is 5.69 Å². The van der Waals surface area contributed by atoms with Crippen molar-refractivity contribution in [3.05, 3.63) is 81.5 Å². The Balaban J connectivity index is 1.56. The number of nitrogens with one attached hydrogen (secondary N) is 1. The average Bonchev–Trinajstić information content (AvgIpc) is 3.18. The van der Waals surface area contributed by atoms with Crippen LogP contribution < -0.4 is 10.3 Å². The Kier molecular flexibility index (Phi) is 5.52. The number of aryl methyl sites for hydroxylation is 1. The molecule has 1 N–H and O–H groups in total. The minimum atomic E-state index is -3.85. The van der Waals surface area contributed by atoms with Gasteiger partial charge < -0.3 is 4.57 Å². The van der Waals surface area contributed by atoms with Gasteiger partial charge in [0, 0.05) is 18.3 Å². The predicted molar refractivity (Wildman–Crippen MR) is 117 cm³/mol. The van der Waals surface area contributed by atoms with Crippen LogP contribution in [0.1, 0.15) is 0 Å². The lowest BCUT2D eigenvalue weighted by Gasteiger charge is -2.10. The van der Waals surface area contributed by atoms with Crippen LogP contribution in [-0.4, -0.2) is 33.0 Å². The van der Waals surface area contributed by atoms with E-state index >= 15 is 0 Å². The average molecular weight is 477 g/mol. The van der Waals surface area contributed by atoms with E-state index in [2.05, 4.69) is 20.0 Å². The minimum Gasteiger partial charge on any atom is -0.317 e. The van der Waals surface area contributed by atoms with Crippen LogP contribution in [0.25, 0.3) is 17.1 Å². The van der Waals surface area contributed by atoms with Crippen molar-refractivity contribution in [2.75, 3.05) is 4.72 Å². The summed E-state index contributed by atoms with van der Waals surface area (Å²) >= 11 is 11.6. The molecule has 0 bridgehead atoms. The van der Waals surface area contributed by atoms with Crippen LogP contribution in [0.15, 0.2) is 70.7 Å². The molecule has 0 aliphatic carbocycles. The third-order valence-corrected chi connectivity index (χ3v) is 6.52. The molecule has 158 valence electrons. The molecule has 2 heterocycles. The molecule has 0 radical (unpaired) electrons. The number of anilines is 1. The van der Waals surface area contributed by atoms with Crippen LogP contribution in [0.2, 0.25) is 10.0 Å². The topological polar surface area (TPSA) is 112 Å². The van der Waals surface area contributed by atoms with E-state index in [0.717, 1.165) is 10.2 Å². The molecule has 9 nitrogen and oxygen atoms in total. The van der Waals surface area contributed by atoms with Crippen molar-refractivity contribution >= 4 is 38.9 Å². The van der Waals surface area contributed by atoms with Crippen molar-refractivity contribution in [2.24, 2.45) is 7.05 Å². The minimum absolute atomic E-state index is 0.0155. The van der Waals surface area contributed by atoms with Gasteiger partial charge in [0.1, 0.15) is 11.3 Å². The van der Waals surface area contributed by atoms with Gasteiger partial charge in [-0.3, -0.25) is 9.52 Å². The van der Waals surface area contributed by atoms with E-state index in [0.29, 0.717) is 17.2 Å². The zero-order valence-corrected chi connectivity index (χ0v) is 18.2. The van der Waals surface area contributed by atoms with Crippen molar-refractivity contribution in [1.29, 1.82) is 0 Å². The van der Waals surface area contributed by atoms with Gasteiger partial charge in [-0.05, 0) is 48.5 Å². The molecule has 2 aromatic heterocycles. The van der Waals surface area contributed by atoms with Crippen molar-refractivity contribution < 1.29 is 8.42 Å². The van der Waals surface area contributed by atoms with Gasteiger partial charge in [-0.25, -0.2) is 8.42 Å². The summed E-state index contributed by atoms with van der Waals surface area (Å²) in [4.78, 5) is 12.2. The summed E-state index contributed by atoms with van der Waals surface area (Å²) in [5.74, 6) is 0.663. The van der Waals surface area contributed by atoms with Gasteiger partial charge in [-0.1, -0.05) is 23.2 Å². The highest BCUT2D eigenvalue weighted by atomic mass is 35.5. The van der Waals surface area contributed by atoms with E-state index in [9.17, 15) is 13.2 Å². The zero-order valence-electron chi connectivity index (χ0n) is 15.9. The number of hydrogen-bond acceptors (Lipinski definition) is 6. The lowest BCUT2D eigenvalue weighted by Crippen LogP contribution is -2.21. The van der Waals surface area contributed by atoms with Crippen LogP contribution in [0.3, 0.4) is 0 Å². The Morgan fingerprint density at radius 1 is 1.00 bits per heavy atom. The van der Waals surface area contributed by atoms with Crippen molar-refractivity contribution in [3.8, 4) is 17.1 Å². The zero-order chi connectivity index (χ0) is 22.2. The number of aromatic nitrogens is 5. The second-order valence-corrected chi connectivity index (χ2v) is 8.93. The highest BCUT2D eigenvalue weighted by Crippen LogP contribution is 2.22. The maximum Gasteiger partial charge on any atom is 0.291 e. The molecule has 0 atom stereocenters. The first-order valence-electron chi connectivity index (χ1n) is 8.77. The van der Waals surface area contributed by atoms with Gasteiger partial charge in [0.15, 0.2) is 5.82 Å². The Labute approximate surface area is 186 Å². The van der Waals surface area contributed by atoms with Crippen LogP contribution in [0.5, 0.6) is 0 Å². The molecule has 12 heteroatoms. The Bertz CT molecular complexity index is 1410.